The van der Waals surface area contributed by atoms with E-state index < -0.39 is 0 Å². The molecule has 110 valence electrons. The van der Waals surface area contributed by atoms with Crippen LogP contribution in [0.1, 0.15) is 50.6 Å². The highest BCUT2D eigenvalue weighted by Gasteiger charge is 2.34. The van der Waals surface area contributed by atoms with Gasteiger partial charge in [0, 0.05) is 23.7 Å². The molecule has 1 aromatic carbocycles. The Hall–Kier alpha value is -0.930. The first kappa shape index (κ1) is 14.0. The lowest BCUT2D eigenvalue weighted by Crippen LogP contribution is -2.51. The zero-order chi connectivity index (χ0) is 13.9. The van der Waals surface area contributed by atoms with E-state index in [0.717, 1.165) is 18.7 Å². The molecular weight excluding hydrogens is 251 g/mol. The standard InChI is InChI=1S/C17H25FN2/c1-13(14-7-2-3-8-15(14)18)20-12-5-4-10-17(20)16-9-6-11-19-16/h2-3,7-8,13,16-17,19H,4-6,9-12H2,1H3. The molecule has 0 bridgehead atoms. The quantitative estimate of drug-likeness (QED) is 0.909. The Balaban J connectivity index is 1.80. The molecule has 1 aromatic rings. The van der Waals surface area contributed by atoms with Crippen LogP contribution < -0.4 is 5.32 Å². The largest absolute Gasteiger partial charge is 0.312 e. The summed E-state index contributed by atoms with van der Waals surface area (Å²) in [5.74, 6) is -0.0660. The lowest BCUT2D eigenvalue weighted by Gasteiger charge is -2.43. The van der Waals surface area contributed by atoms with Crippen LogP contribution in [0.2, 0.25) is 0 Å². The van der Waals surface area contributed by atoms with E-state index in [0.29, 0.717) is 12.1 Å². The van der Waals surface area contributed by atoms with E-state index >= 15 is 0 Å². The number of benzene rings is 1. The summed E-state index contributed by atoms with van der Waals surface area (Å²) in [6.45, 7) is 4.40. The van der Waals surface area contributed by atoms with Crippen LogP contribution in [0, 0.1) is 5.82 Å². The van der Waals surface area contributed by atoms with Gasteiger partial charge in [-0.3, -0.25) is 4.90 Å². The summed E-state index contributed by atoms with van der Waals surface area (Å²) in [6, 6.07) is 8.58. The topological polar surface area (TPSA) is 15.3 Å². The van der Waals surface area contributed by atoms with Crippen molar-refractivity contribution in [2.45, 2.75) is 57.2 Å². The van der Waals surface area contributed by atoms with Crippen molar-refractivity contribution in [3.63, 3.8) is 0 Å². The molecule has 2 aliphatic heterocycles. The molecule has 2 fully saturated rings. The highest BCUT2D eigenvalue weighted by atomic mass is 19.1. The number of hydrogen-bond acceptors (Lipinski definition) is 2. The second-order valence-corrected chi connectivity index (χ2v) is 6.20. The predicted octanol–water partition coefficient (Wildman–Crippen LogP) is 3.49. The van der Waals surface area contributed by atoms with E-state index in [-0.39, 0.29) is 11.9 Å². The summed E-state index contributed by atoms with van der Waals surface area (Å²) in [4.78, 5) is 2.53. The molecule has 2 aliphatic rings. The average molecular weight is 276 g/mol. The Bertz CT molecular complexity index is 442. The molecule has 3 rings (SSSR count). The smallest absolute Gasteiger partial charge is 0.127 e. The molecule has 0 aliphatic carbocycles. The SMILES string of the molecule is CC(c1ccccc1F)N1CCCCC1C1CCCN1. The van der Waals surface area contributed by atoms with Gasteiger partial charge in [0.05, 0.1) is 0 Å². The summed E-state index contributed by atoms with van der Waals surface area (Å²) in [5.41, 5.74) is 0.845. The van der Waals surface area contributed by atoms with Gasteiger partial charge in [0.25, 0.3) is 0 Å². The number of piperidine rings is 1. The normalized spacial score (nSPS) is 29.5. The van der Waals surface area contributed by atoms with E-state index in [2.05, 4.69) is 17.1 Å². The minimum absolute atomic E-state index is 0.0660. The van der Waals surface area contributed by atoms with Crippen molar-refractivity contribution in [1.29, 1.82) is 0 Å². The number of hydrogen-bond donors (Lipinski definition) is 1. The Kier molecular flexibility index (Phi) is 4.37. The van der Waals surface area contributed by atoms with Gasteiger partial charge in [0.2, 0.25) is 0 Å². The molecule has 1 N–H and O–H groups in total. The third-order valence-corrected chi connectivity index (χ3v) is 5.01. The second kappa shape index (κ2) is 6.23. The second-order valence-electron chi connectivity index (χ2n) is 6.20. The molecule has 2 heterocycles. The Morgan fingerprint density at radius 3 is 2.80 bits per heavy atom. The van der Waals surface area contributed by atoms with Crippen LogP contribution in [-0.2, 0) is 0 Å². The van der Waals surface area contributed by atoms with E-state index in [1.807, 2.05) is 12.1 Å². The van der Waals surface area contributed by atoms with Crippen LogP contribution in [0.5, 0.6) is 0 Å². The Morgan fingerprint density at radius 2 is 2.05 bits per heavy atom. The molecule has 2 nitrogen and oxygen atoms in total. The fourth-order valence-electron chi connectivity index (χ4n) is 3.93. The summed E-state index contributed by atoms with van der Waals surface area (Å²) in [7, 11) is 0. The van der Waals surface area contributed by atoms with Crippen LogP contribution in [0.25, 0.3) is 0 Å². The molecule has 0 spiro atoms. The minimum atomic E-state index is -0.0660. The van der Waals surface area contributed by atoms with E-state index in [9.17, 15) is 4.39 Å². The van der Waals surface area contributed by atoms with E-state index in [4.69, 9.17) is 0 Å². The van der Waals surface area contributed by atoms with Gasteiger partial charge in [-0.25, -0.2) is 4.39 Å². The van der Waals surface area contributed by atoms with Crippen LogP contribution in [-0.4, -0.2) is 30.1 Å². The highest BCUT2D eigenvalue weighted by molar-refractivity contribution is 5.21. The first-order valence-corrected chi connectivity index (χ1v) is 8.01. The fraction of sp³-hybridized carbons (Fsp3) is 0.647. The van der Waals surface area contributed by atoms with Gasteiger partial charge < -0.3 is 5.32 Å². The maximum Gasteiger partial charge on any atom is 0.127 e. The predicted molar refractivity (Wildman–Crippen MR) is 80.2 cm³/mol. The fourth-order valence-corrected chi connectivity index (χ4v) is 3.93. The first-order valence-electron chi connectivity index (χ1n) is 8.01. The van der Waals surface area contributed by atoms with Crippen LogP contribution in [0.15, 0.2) is 24.3 Å². The molecule has 3 heteroatoms. The maximum atomic E-state index is 14.1. The molecule has 0 radical (unpaired) electrons. The average Bonchev–Trinajstić information content (AvgIpc) is 3.01. The molecule has 2 saturated heterocycles. The summed E-state index contributed by atoms with van der Waals surface area (Å²) >= 11 is 0. The van der Waals surface area contributed by atoms with Crippen molar-refractivity contribution in [3.8, 4) is 0 Å². The summed E-state index contributed by atoms with van der Waals surface area (Å²) in [5, 5.41) is 3.64. The van der Waals surface area contributed by atoms with Crippen molar-refractivity contribution >= 4 is 0 Å². The molecular formula is C17H25FN2. The molecule has 3 atom stereocenters. The summed E-state index contributed by atoms with van der Waals surface area (Å²) in [6.07, 6.45) is 6.34. The zero-order valence-corrected chi connectivity index (χ0v) is 12.3. The van der Waals surface area contributed by atoms with Gasteiger partial charge in [-0.2, -0.15) is 0 Å². The van der Waals surface area contributed by atoms with Crippen LogP contribution >= 0.6 is 0 Å². The lowest BCUT2D eigenvalue weighted by molar-refractivity contribution is 0.0787. The molecule has 20 heavy (non-hydrogen) atoms. The number of halogens is 1. The number of nitrogens with zero attached hydrogens (tertiary/aromatic N) is 1. The molecule has 0 aromatic heterocycles. The summed E-state index contributed by atoms with van der Waals surface area (Å²) < 4.78 is 14.1. The Labute approximate surface area is 121 Å². The third-order valence-electron chi connectivity index (χ3n) is 5.01. The lowest BCUT2D eigenvalue weighted by atomic mass is 9.91. The molecule has 0 amide bonds. The Morgan fingerprint density at radius 1 is 1.20 bits per heavy atom. The molecule has 0 saturated carbocycles. The first-order chi connectivity index (χ1) is 9.77. The minimum Gasteiger partial charge on any atom is -0.312 e. The third kappa shape index (κ3) is 2.75. The van der Waals surface area contributed by atoms with Gasteiger partial charge in [0.15, 0.2) is 0 Å². The van der Waals surface area contributed by atoms with Gasteiger partial charge in [-0.05, 0) is 51.8 Å². The number of nitrogens with one attached hydrogen (secondary N) is 1. The van der Waals surface area contributed by atoms with Crippen molar-refractivity contribution in [2.24, 2.45) is 0 Å². The number of rotatable bonds is 3. The van der Waals surface area contributed by atoms with Crippen molar-refractivity contribution in [3.05, 3.63) is 35.6 Å². The van der Waals surface area contributed by atoms with E-state index in [1.54, 1.807) is 12.1 Å². The van der Waals surface area contributed by atoms with Gasteiger partial charge in [0.1, 0.15) is 5.82 Å². The van der Waals surface area contributed by atoms with Crippen LogP contribution in [0.3, 0.4) is 0 Å². The van der Waals surface area contributed by atoms with Gasteiger partial charge in [-0.15, -0.1) is 0 Å². The van der Waals surface area contributed by atoms with Crippen molar-refractivity contribution in [2.75, 3.05) is 13.1 Å². The van der Waals surface area contributed by atoms with Crippen molar-refractivity contribution in [1.82, 2.24) is 10.2 Å². The van der Waals surface area contributed by atoms with Gasteiger partial charge in [-0.1, -0.05) is 24.6 Å². The maximum absolute atomic E-state index is 14.1. The van der Waals surface area contributed by atoms with Gasteiger partial charge >= 0.3 is 0 Å². The van der Waals surface area contributed by atoms with Crippen molar-refractivity contribution < 1.29 is 4.39 Å². The van der Waals surface area contributed by atoms with E-state index in [1.165, 1.54) is 32.1 Å². The monoisotopic (exact) mass is 276 g/mol. The molecule has 3 unspecified atom stereocenters. The number of likely N-dealkylation sites (tertiary alicyclic amines) is 1. The van der Waals surface area contributed by atoms with Crippen LogP contribution in [0.4, 0.5) is 4.39 Å². The highest BCUT2D eigenvalue weighted by Crippen LogP contribution is 2.32. The zero-order valence-electron chi connectivity index (χ0n) is 12.3.